The summed E-state index contributed by atoms with van der Waals surface area (Å²) in [6.45, 7) is 7.47. The number of urea groups is 1. The number of rotatable bonds is 7. The van der Waals surface area contributed by atoms with Gasteiger partial charge in [0.05, 0.1) is 6.61 Å². The molecule has 0 spiro atoms. The van der Waals surface area contributed by atoms with Crippen LogP contribution in [0.3, 0.4) is 0 Å². The molecule has 1 atom stereocenters. The van der Waals surface area contributed by atoms with Gasteiger partial charge in [0.25, 0.3) is 0 Å². The molecule has 0 rings (SSSR count). The number of carbonyl (C=O) groups is 2. The number of carbonyl (C=O) groups excluding carboxylic acids is 1. The molecule has 2 amide bonds. The second-order valence-corrected chi connectivity index (χ2v) is 4.98. The maximum atomic E-state index is 11.9. The molecule has 106 valence electrons. The third kappa shape index (κ3) is 5.86. The minimum Gasteiger partial charge on any atom is -0.480 e. The Hall–Kier alpha value is -1.30. The SMILES string of the molecule is CC(C)C[C@H](NC(=O)N(CCO)C(C)C)C(=O)O. The number of amides is 2. The highest BCUT2D eigenvalue weighted by Crippen LogP contribution is 2.06. The van der Waals surface area contributed by atoms with Gasteiger partial charge in [-0.3, -0.25) is 0 Å². The maximum absolute atomic E-state index is 11.9. The van der Waals surface area contributed by atoms with Crippen LogP contribution in [-0.4, -0.2) is 52.3 Å². The number of hydrogen-bond donors (Lipinski definition) is 3. The van der Waals surface area contributed by atoms with E-state index in [1.54, 1.807) is 0 Å². The van der Waals surface area contributed by atoms with Crippen LogP contribution in [0.5, 0.6) is 0 Å². The lowest BCUT2D eigenvalue weighted by Crippen LogP contribution is -2.51. The van der Waals surface area contributed by atoms with Crippen molar-refractivity contribution < 1.29 is 19.8 Å². The minimum absolute atomic E-state index is 0.0920. The van der Waals surface area contributed by atoms with E-state index < -0.39 is 18.0 Å². The van der Waals surface area contributed by atoms with Crippen molar-refractivity contribution in [3.05, 3.63) is 0 Å². The van der Waals surface area contributed by atoms with Gasteiger partial charge in [0, 0.05) is 12.6 Å². The highest BCUT2D eigenvalue weighted by Gasteiger charge is 2.24. The molecule has 0 aliphatic rings. The largest absolute Gasteiger partial charge is 0.480 e. The van der Waals surface area contributed by atoms with E-state index in [0.717, 1.165) is 0 Å². The van der Waals surface area contributed by atoms with Crippen molar-refractivity contribution in [1.29, 1.82) is 0 Å². The van der Waals surface area contributed by atoms with Crippen molar-refractivity contribution in [2.75, 3.05) is 13.2 Å². The van der Waals surface area contributed by atoms with Crippen molar-refractivity contribution in [1.82, 2.24) is 10.2 Å². The Balaban J connectivity index is 4.60. The van der Waals surface area contributed by atoms with E-state index in [4.69, 9.17) is 10.2 Å². The summed E-state index contributed by atoms with van der Waals surface area (Å²) in [5.74, 6) is -0.860. The number of carboxylic acid groups (broad SMARTS) is 1. The van der Waals surface area contributed by atoms with Crippen molar-refractivity contribution in [3.8, 4) is 0 Å². The van der Waals surface area contributed by atoms with E-state index in [1.807, 2.05) is 27.7 Å². The molecule has 0 aliphatic carbocycles. The molecular formula is C12H24N2O4. The molecular weight excluding hydrogens is 236 g/mol. The van der Waals surface area contributed by atoms with Crippen LogP contribution in [0.15, 0.2) is 0 Å². The van der Waals surface area contributed by atoms with Crippen LogP contribution < -0.4 is 5.32 Å². The van der Waals surface area contributed by atoms with Crippen LogP contribution in [0.2, 0.25) is 0 Å². The number of nitrogens with one attached hydrogen (secondary N) is 1. The maximum Gasteiger partial charge on any atom is 0.326 e. The fraction of sp³-hybridized carbons (Fsp3) is 0.833. The summed E-state index contributed by atoms with van der Waals surface area (Å²) in [6.07, 6.45) is 0.381. The zero-order valence-corrected chi connectivity index (χ0v) is 11.5. The number of aliphatic hydroxyl groups is 1. The van der Waals surface area contributed by atoms with E-state index in [-0.39, 0.29) is 25.1 Å². The number of nitrogens with zero attached hydrogens (tertiary/aromatic N) is 1. The molecule has 18 heavy (non-hydrogen) atoms. The molecule has 0 unspecified atom stereocenters. The standard InChI is InChI=1S/C12H24N2O4/c1-8(2)7-10(11(16)17)13-12(18)14(5-6-15)9(3)4/h8-10,15H,5-7H2,1-4H3,(H,13,18)(H,16,17)/t10-/m0/s1. The molecule has 0 saturated heterocycles. The number of aliphatic carboxylic acids is 1. The fourth-order valence-corrected chi connectivity index (χ4v) is 1.63. The average molecular weight is 260 g/mol. The van der Waals surface area contributed by atoms with Crippen LogP contribution in [-0.2, 0) is 4.79 Å². The molecule has 0 aliphatic heterocycles. The van der Waals surface area contributed by atoms with Crippen LogP contribution in [0.4, 0.5) is 4.79 Å². The lowest BCUT2D eigenvalue weighted by molar-refractivity contribution is -0.139. The topological polar surface area (TPSA) is 89.9 Å². The molecule has 0 heterocycles. The molecule has 0 aromatic carbocycles. The molecule has 0 saturated carbocycles. The van der Waals surface area contributed by atoms with Gasteiger partial charge in [-0.05, 0) is 26.2 Å². The van der Waals surface area contributed by atoms with Crippen LogP contribution in [0, 0.1) is 5.92 Å². The molecule has 0 radical (unpaired) electrons. The fourth-order valence-electron chi connectivity index (χ4n) is 1.63. The zero-order chi connectivity index (χ0) is 14.3. The minimum atomic E-state index is -1.04. The first kappa shape index (κ1) is 16.7. The van der Waals surface area contributed by atoms with Crippen molar-refractivity contribution in [3.63, 3.8) is 0 Å². The van der Waals surface area contributed by atoms with Crippen molar-refractivity contribution in [2.45, 2.75) is 46.2 Å². The van der Waals surface area contributed by atoms with Crippen LogP contribution in [0.25, 0.3) is 0 Å². The van der Waals surface area contributed by atoms with E-state index in [1.165, 1.54) is 4.90 Å². The Labute approximate surface area is 108 Å². The third-order valence-corrected chi connectivity index (χ3v) is 2.53. The Morgan fingerprint density at radius 2 is 1.78 bits per heavy atom. The van der Waals surface area contributed by atoms with Gasteiger partial charge in [-0.1, -0.05) is 13.8 Å². The average Bonchev–Trinajstić information content (AvgIpc) is 2.23. The van der Waals surface area contributed by atoms with Gasteiger partial charge in [0.2, 0.25) is 0 Å². The summed E-state index contributed by atoms with van der Waals surface area (Å²) < 4.78 is 0. The summed E-state index contributed by atoms with van der Waals surface area (Å²) in [5, 5.41) is 20.4. The van der Waals surface area contributed by atoms with Gasteiger partial charge in [0.15, 0.2) is 0 Å². The Morgan fingerprint density at radius 1 is 1.22 bits per heavy atom. The van der Waals surface area contributed by atoms with Gasteiger partial charge in [0.1, 0.15) is 6.04 Å². The number of carboxylic acids is 1. The molecule has 6 nitrogen and oxygen atoms in total. The smallest absolute Gasteiger partial charge is 0.326 e. The van der Waals surface area contributed by atoms with Crippen molar-refractivity contribution >= 4 is 12.0 Å². The second kappa shape index (κ2) is 7.92. The predicted molar refractivity (Wildman–Crippen MR) is 68.3 cm³/mol. The lowest BCUT2D eigenvalue weighted by Gasteiger charge is -2.28. The van der Waals surface area contributed by atoms with Gasteiger partial charge in [-0.25, -0.2) is 9.59 Å². The monoisotopic (exact) mass is 260 g/mol. The van der Waals surface area contributed by atoms with E-state index in [2.05, 4.69) is 5.32 Å². The zero-order valence-electron chi connectivity index (χ0n) is 11.5. The highest BCUT2D eigenvalue weighted by atomic mass is 16.4. The van der Waals surface area contributed by atoms with Gasteiger partial charge < -0.3 is 20.4 Å². The summed E-state index contributed by atoms with van der Waals surface area (Å²) >= 11 is 0. The second-order valence-electron chi connectivity index (χ2n) is 4.98. The lowest BCUT2D eigenvalue weighted by atomic mass is 10.0. The molecule has 0 aromatic heterocycles. The Morgan fingerprint density at radius 3 is 2.11 bits per heavy atom. The summed E-state index contributed by atoms with van der Waals surface area (Å²) in [5.41, 5.74) is 0. The molecule has 0 aromatic rings. The van der Waals surface area contributed by atoms with Gasteiger partial charge in [-0.15, -0.1) is 0 Å². The Kier molecular flexibility index (Phi) is 7.35. The van der Waals surface area contributed by atoms with Crippen LogP contribution >= 0.6 is 0 Å². The molecule has 0 bridgehead atoms. The van der Waals surface area contributed by atoms with Gasteiger partial charge >= 0.3 is 12.0 Å². The predicted octanol–water partition coefficient (Wildman–Crippen LogP) is 0.898. The normalized spacial score (nSPS) is 12.6. The quantitative estimate of drug-likeness (QED) is 0.634. The first-order chi connectivity index (χ1) is 8.29. The first-order valence-corrected chi connectivity index (χ1v) is 6.20. The number of hydrogen-bond acceptors (Lipinski definition) is 3. The summed E-state index contributed by atoms with van der Waals surface area (Å²) in [6, 6.07) is -1.44. The highest BCUT2D eigenvalue weighted by molar-refractivity contribution is 5.82. The third-order valence-electron chi connectivity index (χ3n) is 2.53. The van der Waals surface area contributed by atoms with Crippen LogP contribution in [0.1, 0.15) is 34.1 Å². The first-order valence-electron chi connectivity index (χ1n) is 6.20. The number of aliphatic hydroxyl groups excluding tert-OH is 1. The van der Waals surface area contributed by atoms with E-state index in [9.17, 15) is 9.59 Å². The summed E-state index contributed by atoms with van der Waals surface area (Å²) in [7, 11) is 0. The van der Waals surface area contributed by atoms with Crippen molar-refractivity contribution in [2.24, 2.45) is 5.92 Å². The molecule has 0 fully saturated rings. The van der Waals surface area contributed by atoms with E-state index in [0.29, 0.717) is 6.42 Å². The molecule has 3 N–H and O–H groups in total. The van der Waals surface area contributed by atoms with Gasteiger partial charge in [-0.2, -0.15) is 0 Å². The summed E-state index contributed by atoms with van der Waals surface area (Å²) in [4.78, 5) is 24.4. The van der Waals surface area contributed by atoms with E-state index >= 15 is 0 Å². The molecule has 6 heteroatoms. The Bertz CT molecular complexity index is 279.